The van der Waals surface area contributed by atoms with Crippen LogP contribution in [0.5, 0.6) is 0 Å². The topological polar surface area (TPSA) is 41.6 Å². The van der Waals surface area contributed by atoms with Crippen LogP contribution in [0.3, 0.4) is 0 Å². The van der Waals surface area contributed by atoms with E-state index in [9.17, 15) is 4.79 Å². The van der Waals surface area contributed by atoms with Gasteiger partial charge in [0.25, 0.3) is 0 Å². The molecule has 0 aliphatic carbocycles. The number of carbonyl (C=O) groups is 1. The van der Waals surface area contributed by atoms with E-state index >= 15 is 0 Å². The predicted octanol–water partition coefficient (Wildman–Crippen LogP) is 1.46. The summed E-state index contributed by atoms with van der Waals surface area (Å²) in [7, 11) is 1.68. The maximum absolute atomic E-state index is 11.8. The molecule has 0 radical (unpaired) electrons. The van der Waals surface area contributed by atoms with Gasteiger partial charge in [0.2, 0.25) is 5.91 Å². The molecule has 0 bridgehead atoms. The lowest BCUT2D eigenvalue weighted by Crippen LogP contribution is -2.31. The molecule has 1 aliphatic heterocycles. The number of nitrogens with one attached hydrogen (secondary N) is 1. The third kappa shape index (κ3) is 2.89. The number of nitrogens with zero attached hydrogens (tertiary/aromatic N) is 1. The average Bonchev–Trinajstić information content (AvgIpc) is 2.73. The van der Waals surface area contributed by atoms with Crippen LogP contribution in [-0.2, 0) is 9.53 Å². The van der Waals surface area contributed by atoms with Crippen LogP contribution in [0.25, 0.3) is 0 Å². The monoisotopic (exact) mass is 248 g/mol. The second-order valence-corrected chi connectivity index (χ2v) is 4.63. The zero-order valence-electron chi connectivity index (χ0n) is 11.0. The highest BCUT2D eigenvalue weighted by atomic mass is 16.5. The fraction of sp³-hybridized carbons (Fsp3) is 0.500. The summed E-state index contributed by atoms with van der Waals surface area (Å²) < 4.78 is 5.04. The molecule has 1 amide bonds. The van der Waals surface area contributed by atoms with Gasteiger partial charge in [0, 0.05) is 20.3 Å². The van der Waals surface area contributed by atoms with Gasteiger partial charge in [0.1, 0.15) is 6.17 Å². The summed E-state index contributed by atoms with van der Waals surface area (Å²) in [4.78, 5) is 13.7. The van der Waals surface area contributed by atoms with Crippen LogP contribution >= 0.6 is 0 Å². The molecular formula is C14H20N2O2. The fourth-order valence-corrected chi connectivity index (χ4v) is 2.22. The molecule has 1 heterocycles. The highest BCUT2D eigenvalue weighted by Crippen LogP contribution is 2.22. The summed E-state index contributed by atoms with van der Waals surface area (Å²) in [6.45, 7) is 3.90. The number of rotatable bonds is 5. The molecule has 0 saturated carbocycles. The normalized spacial score (nSPS) is 19.6. The summed E-state index contributed by atoms with van der Waals surface area (Å²) >= 11 is 0. The van der Waals surface area contributed by atoms with Crippen molar-refractivity contribution < 1.29 is 9.53 Å². The third-order valence-electron chi connectivity index (χ3n) is 3.22. The zero-order valence-corrected chi connectivity index (χ0v) is 11.0. The van der Waals surface area contributed by atoms with Crippen molar-refractivity contribution in [1.82, 2.24) is 10.2 Å². The number of ether oxygens (including phenoxy) is 1. The molecule has 1 aromatic carbocycles. The first kappa shape index (κ1) is 13.1. The Hall–Kier alpha value is -1.39. The molecule has 18 heavy (non-hydrogen) atoms. The molecule has 1 N–H and O–H groups in total. The van der Waals surface area contributed by atoms with Crippen LogP contribution in [0.4, 0.5) is 0 Å². The van der Waals surface area contributed by atoms with Crippen LogP contribution < -0.4 is 5.32 Å². The Morgan fingerprint density at radius 2 is 2.11 bits per heavy atom. The van der Waals surface area contributed by atoms with E-state index in [1.807, 2.05) is 4.90 Å². The first-order valence-corrected chi connectivity index (χ1v) is 6.30. The van der Waals surface area contributed by atoms with Gasteiger partial charge in [-0.15, -0.1) is 0 Å². The lowest BCUT2D eigenvalue weighted by molar-refractivity contribution is -0.128. The van der Waals surface area contributed by atoms with Gasteiger partial charge in [0.15, 0.2) is 0 Å². The first-order valence-electron chi connectivity index (χ1n) is 6.30. The largest absolute Gasteiger partial charge is 0.385 e. The van der Waals surface area contributed by atoms with Crippen molar-refractivity contribution in [3.8, 4) is 0 Å². The van der Waals surface area contributed by atoms with E-state index in [-0.39, 0.29) is 12.1 Å². The Morgan fingerprint density at radius 1 is 1.39 bits per heavy atom. The highest BCUT2D eigenvalue weighted by Gasteiger charge is 2.30. The quantitative estimate of drug-likeness (QED) is 0.802. The minimum Gasteiger partial charge on any atom is -0.385 e. The van der Waals surface area contributed by atoms with Gasteiger partial charge in [-0.1, -0.05) is 29.8 Å². The number of hydrogen-bond acceptors (Lipinski definition) is 3. The third-order valence-corrected chi connectivity index (χ3v) is 3.22. The van der Waals surface area contributed by atoms with Gasteiger partial charge in [-0.2, -0.15) is 0 Å². The van der Waals surface area contributed by atoms with E-state index in [4.69, 9.17) is 4.74 Å². The van der Waals surface area contributed by atoms with Crippen molar-refractivity contribution in [3.63, 3.8) is 0 Å². The summed E-state index contributed by atoms with van der Waals surface area (Å²) in [6, 6.07) is 8.31. The second-order valence-electron chi connectivity index (χ2n) is 4.63. The predicted molar refractivity (Wildman–Crippen MR) is 70.1 cm³/mol. The molecule has 98 valence electrons. The highest BCUT2D eigenvalue weighted by molar-refractivity contribution is 5.80. The molecule has 0 aromatic heterocycles. The molecule has 1 saturated heterocycles. The van der Waals surface area contributed by atoms with Crippen LogP contribution in [0.15, 0.2) is 24.3 Å². The maximum Gasteiger partial charge on any atom is 0.238 e. The summed E-state index contributed by atoms with van der Waals surface area (Å²) in [5, 5.41) is 3.25. The van der Waals surface area contributed by atoms with Crippen molar-refractivity contribution in [1.29, 1.82) is 0 Å². The Kier molecular flexibility index (Phi) is 4.33. The van der Waals surface area contributed by atoms with E-state index in [0.717, 1.165) is 18.5 Å². The average molecular weight is 248 g/mol. The van der Waals surface area contributed by atoms with Crippen molar-refractivity contribution in [3.05, 3.63) is 35.4 Å². The summed E-state index contributed by atoms with van der Waals surface area (Å²) in [5.74, 6) is 0.164. The number of benzene rings is 1. The Morgan fingerprint density at radius 3 is 2.78 bits per heavy atom. The van der Waals surface area contributed by atoms with E-state index in [1.165, 1.54) is 5.56 Å². The van der Waals surface area contributed by atoms with Gasteiger partial charge in [-0.05, 0) is 18.9 Å². The lowest BCUT2D eigenvalue weighted by Gasteiger charge is -2.24. The van der Waals surface area contributed by atoms with Crippen LogP contribution in [0.2, 0.25) is 0 Å². The van der Waals surface area contributed by atoms with Gasteiger partial charge < -0.3 is 9.64 Å². The van der Waals surface area contributed by atoms with Gasteiger partial charge in [-0.3, -0.25) is 10.1 Å². The standard InChI is InChI=1S/C14H20N2O2/c1-11-4-6-12(7-5-11)14-15-10-13(17)16(14)8-3-9-18-2/h4-7,14-15H,3,8-10H2,1-2H3. The first-order chi connectivity index (χ1) is 8.72. The second kappa shape index (κ2) is 5.98. The summed E-state index contributed by atoms with van der Waals surface area (Å²) in [5.41, 5.74) is 2.37. The minimum absolute atomic E-state index is 0.00922. The Bertz CT molecular complexity index is 403. The molecule has 1 atom stereocenters. The van der Waals surface area contributed by atoms with Crippen molar-refractivity contribution in [2.75, 3.05) is 26.8 Å². The van der Waals surface area contributed by atoms with Crippen molar-refractivity contribution >= 4 is 5.91 Å². The minimum atomic E-state index is 0.00922. The van der Waals surface area contributed by atoms with E-state index < -0.39 is 0 Å². The zero-order chi connectivity index (χ0) is 13.0. The van der Waals surface area contributed by atoms with Crippen molar-refractivity contribution in [2.24, 2.45) is 0 Å². The van der Waals surface area contributed by atoms with Crippen molar-refractivity contribution in [2.45, 2.75) is 19.5 Å². The van der Waals surface area contributed by atoms with E-state index in [1.54, 1.807) is 7.11 Å². The fourth-order valence-electron chi connectivity index (χ4n) is 2.22. The van der Waals surface area contributed by atoms with Crippen LogP contribution in [0.1, 0.15) is 23.7 Å². The molecule has 0 spiro atoms. The molecule has 4 heteroatoms. The molecule has 1 fully saturated rings. The van der Waals surface area contributed by atoms with Crippen LogP contribution in [0, 0.1) is 6.92 Å². The molecule has 1 aliphatic rings. The number of amides is 1. The molecular weight excluding hydrogens is 228 g/mol. The molecule has 1 aromatic rings. The van der Waals surface area contributed by atoms with E-state index in [2.05, 4.69) is 36.5 Å². The SMILES string of the molecule is COCCCN1C(=O)CNC1c1ccc(C)cc1. The number of methoxy groups -OCH3 is 1. The van der Waals surface area contributed by atoms with Gasteiger partial charge in [0.05, 0.1) is 6.54 Å². The Labute approximate surface area is 108 Å². The lowest BCUT2D eigenvalue weighted by atomic mass is 10.1. The van der Waals surface area contributed by atoms with E-state index in [0.29, 0.717) is 13.2 Å². The van der Waals surface area contributed by atoms with Crippen LogP contribution in [-0.4, -0.2) is 37.6 Å². The molecule has 2 rings (SSSR count). The van der Waals surface area contributed by atoms with Gasteiger partial charge in [-0.25, -0.2) is 0 Å². The maximum atomic E-state index is 11.8. The smallest absolute Gasteiger partial charge is 0.238 e. The molecule has 4 nitrogen and oxygen atoms in total. The number of carbonyl (C=O) groups excluding carboxylic acids is 1. The van der Waals surface area contributed by atoms with Gasteiger partial charge >= 0.3 is 0 Å². The number of hydrogen-bond donors (Lipinski definition) is 1. The summed E-state index contributed by atoms with van der Waals surface area (Å²) in [6.07, 6.45) is 0.877. The molecule has 1 unspecified atom stereocenters. The Balaban J connectivity index is 2.06. The number of aryl methyl sites for hydroxylation is 1.